The molecule has 1 saturated heterocycles. The topological polar surface area (TPSA) is 37.4 Å². The minimum Gasteiger partial charge on any atom is -0.335 e. The molecular weight excluding hydrogens is 293 g/mol. The molecule has 1 unspecified atom stereocenters. The minimum atomic E-state index is -0.613. The van der Waals surface area contributed by atoms with Gasteiger partial charge in [-0.25, -0.2) is 4.39 Å². The van der Waals surface area contributed by atoms with Crippen molar-refractivity contribution in [1.29, 1.82) is 0 Å². The fourth-order valence-electron chi connectivity index (χ4n) is 2.83. The fraction of sp³-hybridized carbons (Fsp3) is 0.500. The van der Waals surface area contributed by atoms with Gasteiger partial charge in [-0.15, -0.1) is 0 Å². The third-order valence-electron chi connectivity index (χ3n) is 3.84. The smallest absolute Gasteiger partial charge is 0.258 e. The Hall–Kier alpha value is -1.42. The molecule has 0 N–H and O–H groups in total. The third-order valence-corrected chi connectivity index (χ3v) is 4.15. The van der Waals surface area contributed by atoms with Crippen LogP contribution in [-0.4, -0.2) is 29.2 Å². The van der Waals surface area contributed by atoms with Gasteiger partial charge in [0, 0.05) is 19.0 Å². The van der Waals surface area contributed by atoms with Crippen LogP contribution in [0.4, 0.5) is 4.39 Å². The van der Waals surface area contributed by atoms with Crippen LogP contribution in [0.2, 0.25) is 5.02 Å². The van der Waals surface area contributed by atoms with Gasteiger partial charge in [0.05, 0.1) is 10.6 Å². The summed E-state index contributed by atoms with van der Waals surface area (Å²) in [6, 6.07) is 4.06. The van der Waals surface area contributed by atoms with E-state index in [1.807, 2.05) is 0 Å². The molecule has 1 heterocycles. The van der Waals surface area contributed by atoms with Gasteiger partial charge in [-0.05, 0) is 31.9 Å². The van der Waals surface area contributed by atoms with E-state index in [0.717, 1.165) is 25.7 Å². The standard InChI is InChI=1S/C16H19ClFNO2/c1-11(20)10-12-6-3-2-4-9-19(12)16(21)15-13(17)7-5-8-14(15)18/h5,7-8,12H,2-4,6,9-10H2,1H3. The Kier molecular flexibility index (Phi) is 5.34. The number of likely N-dealkylation sites (tertiary alicyclic amines) is 1. The number of benzene rings is 1. The van der Waals surface area contributed by atoms with Crippen molar-refractivity contribution >= 4 is 23.3 Å². The quantitative estimate of drug-likeness (QED) is 0.850. The molecule has 1 aliphatic heterocycles. The van der Waals surface area contributed by atoms with Crippen molar-refractivity contribution in [2.24, 2.45) is 0 Å². The Morgan fingerprint density at radius 3 is 2.76 bits per heavy atom. The number of rotatable bonds is 3. The summed E-state index contributed by atoms with van der Waals surface area (Å²) < 4.78 is 13.9. The van der Waals surface area contributed by atoms with Crippen LogP contribution in [-0.2, 0) is 4.79 Å². The molecule has 0 radical (unpaired) electrons. The molecule has 0 spiro atoms. The van der Waals surface area contributed by atoms with Crippen LogP contribution in [0, 0.1) is 5.82 Å². The Labute approximate surface area is 129 Å². The van der Waals surface area contributed by atoms with Gasteiger partial charge in [0.15, 0.2) is 0 Å². The number of hydrogen-bond acceptors (Lipinski definition) is 2. The minimum absolute atomic E-state index is 0.0410. The largest absolute Gasteiger partial charge is 0.335 e. The number of carbonyl (C=O) groups excluding carboxylic acids is 2. The molecule has 5 heteroatoms. The third kappa shape index (κ3) is 3.82. The maximum Gasteiger partial charge on any atom is 0.258 e. The van der Waals surface area contributed by atoms with Crippen molar-refractivity contribution in [2.45, 2.75) is 45.1 Å². The van der Waals surface area contributed by atoms with Crippen molar-refractivity contribution in [2.75, 3.05) is 6.54 Å². The predicted octanol–water partition coefficient (Wildman–Crippen LogP) is 3.84. The molecule has 0 aromatic heterocycles. The molecule has 1 aliphatic rings. The van der Waals surface area contributed by atoms with Crippen molar-refractivity contribution in [1.82, 2.24) is 4.90 Å². The Morgan fingerprint density at radius 1 is 1.33 bits per heavy atom. The van der Waals surface area contributed by atoms with Gasteiger partial charge in [0.25, 0.3) is 5.91 Å². The van der Waals surface area contributed by atoms with Gasteiger partial charge in [0.1, 0.15) is 11.6 Å². The Bertz CT molecular complexity index is 527. The number of amides is 1. The summed E-state index contributed by atoms with van der Waals surface area (Å²) in [5.41, 5.74) is -0.0883. The van der Waals surface area contributed by atoms with E-state index in [9.17, 15) is 14.0 Å². The SMILES string of the molecule is CC(=O)CC1CCCCCN1C(=O)c1c(F)cccc1Cl. The highest BCUT2D eigenvalue weighted by Gasteiger charge is 2.29. The summed E-state index contributed by atoms with van der Waals surface area (Å²) in [5, 5.41) is 0.117. The molecule has 0 aliphatic carbocycles. The molecule has 0 bridgehead atoms. The maximum atomic E-state index is 13.9. The van der Waals surface area contributed by atoms with E-state index < -0.39 is 11.7 Å². The monoisotopic (exact) mass is 311 g/mol. The average Bonchev–Trinajstić information content (AvgIpc) is 2.63. The molecule has 3 nitrogen and oxygen atoms in total. The number of nitrogens with zero attached hydrogens (tertiary/aromatic N) is 1. The molecule has 1 atom stereocenters. The number of Topliss-reactive ketones (excluding diaryl/α,β-unsaturated/α-hetero) is 1. The second-order valence-corrected chi connectivity index (χ2v) is 5.91. The van der Waals surface area contributed by atoms with E-state index >= 15 is 0 Å². The van der Waals surface area contributed by atoms with Gasteiger partial charge in [0.2, 0.25) is 0 Å². The summed E-state index contributed by atoms with van der Waals surface area (Å²) in [6.45, 7) is 2.06. The second-order valence-electron chi connectivity index (χ2n) is 5.50. The molecule has 1 aromatic carbocycles. The lowest BCUT2D eigenvalue weighted by Crippen LogP contribution is -2.41. The highest BCUT2D eigenvalue weighted by atomic mass is 35.5. The first-order chi connectivity index (χ1) is 10.0. The van der Waals surface area contributed by atoms with E-state index in [1.165, 1.54) is 25.1 Å². The summed E-state index contributed by atoms with van der Waals surface area (Å²) >= 11 is 5.98. The molecule has 2 rings (SSSR count). The summed E-state index contributed by atoms with van der Waals surface area (Å²) in [7, 11) is 0. The number of halogens is 2. The van der Waals surface area contributed by atoms with Crippen molar-refractivity contribution < 1.29 is 14.0 Å². The second kappa shape index (κ2) is 7.03. The van der Waals surface area contributed by atoms with Crippen LogP contribution in [0.3, 0.4) is 0 Å². The lowest BCUT2D eigenvalue weighted by atomic mass is 10.0. The van der Waals surface area contributed by atoms with Gasteiger partial charge in [-0.3, -0.25) is 9.59 Å². The molecule has 114 valence electrons. The zero-order valence-corrected chi connectivity index (χ0v) is 12.8. The Balaban J connectivity index is 2.31. The summed E-state index contributed by atoms with van der Waals surface area (Å²) in [4.78, 5) is 25.7. The number of ketones is 1. The molecule has 1 aromatic rings. The van der Waals surface area contributed by atoms with Crippen molar-refractivity contribution in [3.05, 3.63) is 34.6 Å². The van der Waals surface area contributed by atoms with E-state index in [-0.39, 0.29) is 22.4 Å². The van der Waals surface area contributed by atoms with Crippen molar-refractivity contribution in [3.63, 3.8) is 0 Å². The van der Waals surface area contributed by atoms with E-state index in [0.29, 0.717) is 13.0 Å². The first-order valence-corrected chi connectivity index (χ1v) is 7.63. The van der Waals surface area contributed by atoms with E-state index in [2.05, 4.69) is 0 Å². The van der Waals surface area contributed by atoms with Gasteiger partial charge in [-0.2, -0.15) is 0 Å². The van der Waals surface area contributed by atoms with E-state index in [4.69, 9.17) is 11.6 Å². The lowest BCUT2D eigenvalue weighted by Gasteiger charge is -2.30. The van der Waals surface area contributed by atoms with Crippen LogP contribution in [0.5, 0.6) is 0 Å². The fourth-order valence-corrected chi connectivity index (χ4v) is 3.08. The van der Waals surface area contributed by atoms with E-state index in [1.54, 1.807) is 4.90 Å². The first-order valence-electron chi connectivity index (χ1n) is 7.25. The zero-order valence-electron chi connectivity index (χ0n) is 12.1. The predicted molar refractivity (Wildman–Crippen MR) is 80.0 cm³/mol. The Morgan fingerprint density at radius 2 is 2.10 bits per heavy atom. The van der Waals surface area contributed by atoms with Crippen LogP contribution in [0.15, 0.2) is 18.2 Å². The van der Waals surface area contributed by atoms with Gasteiger partial charge in [-0.1, -0.05) is 30.5 Å². The van der Waals surface area contributed by atoms with Gasteiger partial charge < -0.3 is 4.90 Å². The van der Waals surface area contributed by atoms with Crippen LogP contribution in [0.1, 0.15) is 49.4 Å². The molecular formula is C16H19ClFNO2. The molecule has 21 heavy (non-hydrogen) atoms. The normalized spacial score (nSPS) is 19.2. The summed E-state index contributed by atoms with van der Waals surface area (Å²) in [5.74, 6) is -0.982. The van der Waals surface area contributed by atoms with Crippen LogP contribution in [0.25, 0.3) is 0 Å². The highest BCUT2D eigenvalue weighted by molar-refractivity contribution is 6.33. The zero-order chi connectivity index (χ0) is 15.4. The van der Waals surface area contributed by atoms with Crippen LogP contribution >= 0.6 is 11.6 Å². The highest BCUT2D eigenvalue weighted by Crippen LogP contribution is 2.26. The number of hydrogen-bond donors (Lipinski definition) is 0. The molecule has 1 fully saturated rings. The maximum absolute atomic E-state index is 13.9. The van der Waals surface area contributed by atoms with Crippen LogP contribution < -0.4 is 0 Å². The average molecular weight is 312 g/mol. The molecule has 1 amide bonds. The van der Waals surface area contributed by atoms with Crippen molar-refractivity contribution in [3.8, 4) is 0 Å². The number of carbonyl (C=O) groups is 2. The lowest BCUT2D eigenvalue weighted by molar-refractivity contribution is -0.118. The molecule has 0 saturated carbocycles. The summed E-state index contributed by atoms with van der Waals surface area (Å²) in [6.07, 6.45) is 3.96. The van der Waals surface area contributed by atoms with Gasteiger partial charge >= 0.3 is 0 Å². The first kappa shape index (κ1) is 16.0.